The van der Waals surface area contributed by atoms with Gasteiger partial charge in [-0.1, -0.05) is 53.3 Å². The van der Waals surface area contributed by atoms with Crippen molar-refractivity contribution in [3.63, 3.8) is 0 Å². The molecule has 0 radical (unpaired) electrons. The molecule has 170 valence electrons. The lowest BCUT2D eigenvalue weighted by molar-refractivity contribution is 0.385. The molecule has 1 aliphatic rings. The molecule has 1 aromatic heterocycles. The molecule has 4 aromatic rings. The van der Waals surface area contributed by atoms with Crippen LogP contribution in [-0.2, 0) is 16.6 Å². The molecule has 0 spiro atoms. The quantitative estimate of drug-likeness (QED) is 0.411. The third kappa shape index (κ3) is 4.44. The van der Waals surface area contributed by atoms with E-state index in [9.17, 15) is 13.2 Å². The summed E-state index contributed by atoms with van der Waals surface area (Å²) in [4.78, 5) is 14.9. The van der Waals surface area contributed by atoms with Gasteiger partial charge in [-0.05, 0) is 48.0 Å². The van der Waals surface area contributed by atoms with Crippen molar-refractivity contribution in [3.05, 3.63) is 93.0 Å². The largest absolute Gasteiger partial charge is 0.369 e. The van der Waals surface area contributed by atoms with Gasteiger partial charge in [0, 0.05) is 36.9 Å². The number of thiazole rings is 1. The van der Waals surface area contributed by atoms with Gasteiger partial charge < -0.3 is 4.90 Å². The van der Waals surface area contributed by atoms with Gasteiger partial charge >= 0.3 is 4.87 Å². The standard InChI is InChI=1S/C24H22ClN3O3S2/c25-19-8-6-18(7-9-19)17-28-22-11-10-21(16-23(22)32-24(28)29)33(30,31)27-14-12-26(13-15-27)20-4-2-1-3-5-20/h1-11,16H,12-15,17H2. The number of rotatable bonds is 5. The maximum atomic E-state index is 13.3. The van der Waals surface area contributed by atoms with Gasteiger partial charge in [0.2, 0.25) is 10.0 Å². The summed E-state index contributed by atoms with van der Waals surface area (Å²) in [6.07, 6.45) is 0. The summed E-state index contributed by atoms with van der Waals surface area (Å²) in [5, 5.41) is 0.640. The Morgan fingerprint density at radius 3 is 2.27 bits per heavy atom. The number of sulfonamides is 1. The van der Waals surface area contributed by atoms with Gasteiger partial charge in [0.15, 0.2) is 0 Å². The zero-order chi connectivity index (χ0) is 23.0. The molecule has 5 rings (SSSR count). The van der Waals surface area contributed by atoms with E-state index in [2.05, 4.69) is 4.90 Å². The molecule has 1 fully saturated rings. The van der Waals surface area contributed by atoms with Crippen LogP contribution in [0.25, 0.3) is 10.2 Å². The van der Waals surface area contributed by atoms with Gasteiger partial charge in [-0.25, -0.2) is 8.42 Å². The predicted molar refractivity (Wildman–Crippen MR) is 134 cm³/mol. The van der Waals surface area contributed by atoms with E-state index in [4.69, 9.17) is 11.6 Å². The van der Waals surface area contributed by atoms with Crippen molar-refractivity contribution >= 4 is 48.9 Å². The average molecular weight is 500 g/mol. The summed E-state index contributed by atoms with van der Waals surface area (Å²) in [7, 11) is -3.64. The number of nitrogens with zero attached hydrogens (tertiary/aromatic N) is 3. The first-order valence-electron chi connectivity index (χ1n) is 10.6. The van der Waals surface area contributed by atoms with Crippen molar-refractivity contribution in [1.82, 2.24) is 8.87 Å². The van der Waals surface area contributed by atoms with Crippen LogP contribution in [0.15, 0.2) is 82.5 Å². The second kappa shape index (κ2) is 8.95. The first kappa shape index (κ1) is 22.2. The number of hydrogen-bond donors (Lipinski definition) is 0. The third-order valence-electron chi connectivity index (χ3n) is 5.89. The maximum Gasteiger partial charge on any atom is 0.308 e. The van der Waals surface area contributed by atoms with Crippen molar-refractivity contribution in [2.75, 3.05) is 31.1 Å². The Hall–Kier alpha value is -2.65. The van der Waals surface area contributed by atoms with Crippen LogP contribution in [0.2, 0.25) is 5.02 Å². The summed E-state index contributed by atoms with van der Waals surface area (Å²) < 4.78 is 30.5. The van der Waals surface area contributed by atoms with E-state index in [1.54, 1.807) is 34.9 Å². The number of anilines is 1. The molecule has 1 saturated heterocycles. The predicted octanol–water partition coefficient (Wildman–Crippen LogP) is 4.28. The molecule has 0 aliphatic carbocycles. The zero-order valence-electron chi connectivity index (χ0n) is 17.7. The van der Waals surface area contributed by atoms with Crippen LogP contribution in [0.5, 0.6) is 0 Å². The number of piperazine rings is 1. The van der Waals surface area contributed by atoms with Crippen molar-refractivity contribution in [2.24, 2.45) is 0 Å². The van der Waals surface area contributed by atoms with E-state index in [0.29, 0.717) is 42.4 Å². The van der Waals surface area contributed by atoms with Crippen molar-refractivity contribution < 1.29 is 8.42 Å². The summed E-state index contributed by atoms with van der Waals surface area (Å²) in [5.41, 5.74) is 2.78. The van der Waals surface area contributed by atoms with Gasteiger partial charge in [-0.2, -0.15) is 4.31 Å². The molecule has 0 N–H and O–H groups in total. The number of halogens is 1. The second-order valence-electron chi connectivity index (χ2n) is 7.94. The van der Waals surface area contributed by atoms with Crippen LogP contribution in [0, 0.1) is 0 Å². The fourth-order valence-corrected chi connectivity index (χ4v) is 6.68. The molecule has 9 heteroatoms. The normalized spacial score (nSPS) is 15.2. The molecular formula is C24H22ClN3O3S2. The second-order valence-corrected chi connectivity index (χ2v) is 11.3. The molecule has 0 bridgehead atoms. The van der Waals surface area contributed by atoms with E-state index in [1.807, 2.05) is 42.5 Å². The van der Waals surface area contributed by atoms with Crippen molar-refractivity contribution in [1.29, 1.82) is 0 Å². The Morgan fingerprint density at radius 2 is 1.58 bits per heavy atom. The van der Waals surface area contributed by atoms with Crippen LogP contribution in [0.4, 0.5) is 5.69 Å². The van der Waals surface area contributed by atoms with Crippen LogP contribution in [0.3, 0.4) is 0 Å². The molecular weight excluding hydrogens is 478 g/mol. The highest BCUT2D eigenvalue weighted by molar-refractivity contribution is 7.89. The van der Waals surface area contributed by atoms with E-state index in [0.717, 1.165) is 28.1 Å². The SMILES string of the molecule is O=c1sc2cc(S(=O)(=O)N3CCN(c4ccccc4)CC3)ccc2n1Cc1ccc(Cl)cc1. The average Bonchev–Trinajstić information content (AvgIpc) is 3.15. The lowest BCUT2D eigenvalue weighted by Gasteiger charge is -2.35. The summed E-state index contributed by atoms with van der Waals surface area (Å²) in [6, 6.07) is 22.3. The van der Waals surface area contributed by atoms with Gasteiger partial charge in [0.1, 0.15) is 0 Å². The first-order chi connectivity index (χ1) is 15.9. The van der Waals surface area contributed by atoms with E-state index in [-0.39, 0.29) is 9.77 Å². The lowest BCUT2D eigenvalue weighted by atomic mass is 10.2. The molecule has 0 unspecified atom stereocenters. The number of benzene rings is 3. The summed E-state index contributed by atoms with van der Waals surface area (Å²) in [5.74, 6) is 0. The minimum Gasteiger partial charge on any atom is -0.369 e. The minimum absolute atomic E-state index is 0.119. The highest BCUT2D eigenvalue weighted by atomic mass is 35.5. The molecule has 6 nitrogen and oxygen atoms in total. The fraction of sp³-hybridized carbons (Fsp3) is 0.208. The highest BCUT2D eigenvalue weighted by Gasteiger charge is 2.29. The summed E-state index contributed by atoms with van der Waals surface area (Å²) in [6.45, 7) is 2.52. The van der Waals surface area contributed by atoms with Crippen molar-refractivity contribution in [3.8, 4) is 0 Å². The Labute approximate surface area is 201 Å². The molecule has 0 atom stereocenters. The maximum absolute atomic E-state index is 13.3. The molecule has 2 heterocycles. The lowest BCUT2D eigenvalue weighted by Crippen LogP contribution is -2.48. The van der Waals surface area contributed by atoms with Crippen molar-refractivity contribution in [2.45, 2.75) is 11.4 Å². The summed E-state index contributed by atoms with van der Waals surface area (Å²) >= 11 is 7.02. The molecule has 3 aromatic carbocycles. The Kier molecular flexibility index (Phi) is 6.01. The van der Waals surface area contributed by atoms with Crippen LogP contribution >= 0.6 is 22.9 Å². The third-order valence-corrected chi connectivity index (χ3v) is 8.98. The first-order valence-corrected chi connectivity index (χ1v) is 13.2. The fourth-order valence-electron chi connectivity index (χ4n) is 4.10. The van der Waals surface area contributed by atoms with Crippen LogP contribution in [-0.4, -0.2) is 43.5 Å². The smallest absolute Gasteiger partial charge is 0.308 e. The van der Waals surface area contributed by atoms with E-state index < -0.39 is 10.0 Å². The number of para-hydroxylation sites is 1. The topological polar surface area (TPSA) is 62.6 Å². The minimum atomic E-state index is -3.64. The Morgan fingerprint density at radius 1 is 0.879 bits per heavy atom. The van der Waals surface area contributed by atoms with Gasteiger partial charge in [-0.15, -0.1) is 0 Å². The van der Waals surface area contributed by atoms with Crippen LogP contribution in [0.1, 0.15) is 5.56 Å². The number of fused-ring (bicyclic) bond motifs is 1. The molecule has 0 saturated carbocycles. The number of aromatic nitrogens is 1. The monoisotopic (exact) mass is 499 g/mol. The highest BCUT2D eigenvalue weighted by Crippen LogP contribution is 2.26. The van der Waals surface area contributed by atoms with Gasteiger partial charge in [0.25, 0.3) is 0 Å². The Balaban J connectivity index is 1.37. The van der Waals surface area contributed by atoms with E-state index in [1.165, 1.54) is 4.31 Å². The molecule has 0 amide bonds. The molecule has 1 aliphatic heterocycles. The van der Waals surface area contributed by atoms with Crippen LogP contribution < -0.4 is 9.77 Å². The Bertz CT molecular complexity index is 1440. The zero-order valence-corrected chi connectivity index (χ0v) is 20.1. The number of hydrogen-bond acceptors (Lipinski definition) is 5. The van der Waals surface area contributed by atoms with Gasteiger partial charge in [-0.3, -0.25) is 9.36 Å². The van der Waals surface area contributed by atoms with Gasteiger partial charge in [0.05, 0.1) is 21.7 Å². The van der Waals surface area contributed by atoms with E-state index >= 15 is 0 Å². The molecule has 33 heavy (non-hydrogen) atoms.